The van der Waals surface area contributed by atoms with Gasteiger partial charge in [0.2, 0.25) is 5.95 Å². The third-order valence-electron chi connectivity index (χ3n) is 2.15. The Bertz CT molecular complexity index is 595. The maximum Gasteiger partial charge on any atom is 0.223 e. The molecule has 0 saturated carbocycles. The van der Waals surface area contributed by atoms with E-state index in [9.17, 15) is 8.78 Å². The summed E-state index contributed by atoms with van der Waals surface area (Å²) >= 11 is 4.33. The van der Waals surface area contributed by atoms with Crippen LogP contribution in [0.4, 0.5) is 14.7 Å². The van der Waals surface area contributed by atoms with E-state index in [0.29, 0.717) is 22.0 Å². The van der Waals surface area contributed by atoms with Crippen molar-refractivity contribution in [2.45, 2.75) is 16.8 Å². The molecule has 7 heteroatoms. The second-order valence-corrected chi connectivity index (χ2v) is 5.44. The zero-order valence-electron chi connectivity index (χ0n) is 9.95. The molecular formula is C12H10BrF2N3S. The van der Waals surface area contributed by atoms with E-state index in [2.05, 4.69) is 31.2 Å². The number of anilines is 1. The summed E-state index contributed by atoms with van der Waals surface area (Å²) in [6.45, 7) is 2.60. The topological polar surface area (TPSA) is 37.8 Å². The molecule has 19 heavy (non-hydrogen) atoms. The molecule has 0 radical (unpaired) electrons. The molecule has 0 saturated heterocycles. The highest BCUT2D eigenvalue weighted by molar-refractivity contribution is 9.10. The van der Waals surface area contributed by atoms with Crippen LogP contribution in [0.1, 0.15) is 6.92 Å². The molecule has 0 bridgehead atoms. The molecule has 100 valence electrons. The van der Waals surface area contributed by atoms with E-state index in [-0.39, 0.29) is 4.90 Å². The van der Waals surface area contributed by atoms with Crippen LogP contribution < -0.4 is 5.32 Å². The van der Waals surface area contributed by atoms with Crippen LogP contribution in [-0.4, -0.2) is 16.5 Å². The zero-order valence-corrected chi connectivity index (χ0v) is 12.4. The Hall–Kier alpha value is -1.21. The van der Waals surface area contributed by atoms with Gasteiger partial charge in [0.15, 0.2) is 0 Å². The molecule has 2 rings (SSSR count). The summed E-state index contributed by atoms with van der Waals surface area (Å²) in [5, 5.41) is 3.49. The van der Waals surface area contributed by atoms with Crippen molar-refractivity contribution in [3.05, 3.63) is 40.5 Å². The lowest BCUT2D eigenvalue weighted by Crippen LogP contribution is -2.02. The van der Waals surface area contributed by atoms with Crippen molar-refractivity contribution in [1.29, 1.82) is 0 Å². The minimum absolute atomic E-state index is 0.182. The molecule has 2 aromatic rings. The Kier molecular flexibility index (Phi) is 4.71. The number of nitrogens with one attached hydrogen (secondary N) is 1. The van der Waals surface area contributed by atoms with E-state index in [1.54, 1.807) is 6.20 Å². The highest BCUT2D eigenvalue weighted by Crippen LogP contribution is 2.33. The molecule has 1 N–H and O–H groups in total. The van der Waals surface area contributed by atoms with Crippen molar-refractivity contribution in [2.24, 2.45) is 0 Å². The predicted octanol–water partition coefficient (Wildman–Crippen LogP) is 4.10. The Morgan fingerprint density at radius 1 is 1.37 bits per heavy atom. The normalized spacial score (nSPS) is 10.5. The largest absolute Gasteiger partial charge is 0.354 e. The van der Waals surface area contributed by atoms with Crippen LogP contribution >= 0.6 is 27.7 Å². The van der Waals surface area contributed by atoms with Crippen LogP contribution in [0.2, 0.25) is 0 Å². The van der Waals surface area contributed by atoms with Crippen molar-refractivity contribution in [2.75, 3.05) is 11.9 Å². The predicted molar refractivity (Wildman–Crippen MR) is 74.4 cm³/mol. The summed E-state index contributed by atoms with van der Waals surface area (Å²) in [5.41, 5.74) is 0. The van der Waals surface area contributed by atoms with Gasteiger partial charge in [-0.1, -0.05) is 11.8 Å². The fraction of sp³-hybridized carbons (Fsp3) is 0.167. The number of nitrogens with zero attached hydrogens (tertiary/aromatic N) is 2. The Morgan fingerprint density at radius 3 is 2.89 bits per heavy atom. The first kappa shape index (κ1) is 14.2. The lowest BCUT2D eigenvalue weighted by atomic mass is 10.3. The highest BCUT2D eigenvalue weighted by atomic mass is 79.9. The molecule has 1 aromatic heterocycles. The molecular weight excluding hydrogens is 336 g/mol. The molecule has 3 nitrogen and oxygen atoms in total. The summed E-state index contributed by atoms with van der Waals surface area (Å²) in [6, 6.07) is 3.32. The molecule has 0 aliphatic heterocycles. The lowest BCUT2D eigenvalue weighted by molar-refractivity contribution is 0.577. The number of rotatable bonds is 4. The van der Waals surface area contributed by atoms with Gasteiger partial charge in [-0.25, -0.2) is 18.7 Å². The van der Waals surface area contributed by atoms with E-state index in [0.717, 1.165) is 30.0 Å². The van der Waals surface area contributed by atoms with E-state index < -0.39 is 11.6 Å². The number of aromatic nitrogens is 2. The minimum atomic E-state index is -0.485. The molecule has 0 amide bonds. The van der Waals surface area contributed by atoms with Crippen LogP contribution in [0.5, 0.6) is 0 Å². The van der Waals surface area contributed by atoms with Gasteiger partial charge in [-0.3, -0.25) is 0 Å². The first-order chi connectivity index (χ1) is 9.10. The lowest BCUT2D eigenvalue weighted by Gasteiger charge is -2.07. The Balaban J connectivity index is 2.31. The molecule has 0 atom stereocenters. The van der Waals surface area contributed by atoms with Gasteiger partial charge in [0.1, 0.15) is 16.7 Å². The summed E-state index contributed by atoms with van der Waals surface area (Å²) in [7, 11) is 0. The zero-order chi connectivity index (χ0) is 13.8. The monoisotopic (exact) mass is 345 g/mol. The first-order valence-electron chi connectivity index (χ1n) is 5.49. The fourth-order valence-corrected chi connectivity index (χ4v) is 2.59. The Morgan fingerprint density at radius 2 is 2.16 bits per heavy atom. The standard InChI is InChI=1S/C12H10BrF2N3S/c1-2-16-12-17-6-8(13)11(18-12)19-10-5-7(14)3-4-9(10)15/h3-6H,2H2,1H3,(H,16,17,18). The minimum Gasteiger partial charge on any atom is -0.354 e. The van der Waals surface area contributed by atoms with Gasteiger partial charge in [-0.05, 0) is 41.1 Å². The van der Waals surface area contributed by atoms with Crippen LogP contribution in [-0.2, 0) is 0 Å². The molecule has 0 fully saturated rings. The van der Waals surface area contributed by atoms with Crippen LogP contribution in [0.25, 0.3) is 0 Å². The summed E-state index contributed by atoms with van der Waals surface area (Å²) in [5.74, 6) is -0.520. The molecule has 0 unspecified atom stereocenters. The summed E-state index contributed by atoms with van der Waals surface area (Å²) in [6.07, 6.45) is 1.57. The van der Waals surface area contributed by atoms with Crippen LogP contribution in [0.3, 0.4) is 0 Å². The van der Waals surface area contributed by atoms with E-state index >= 15 is 0 Å². The van der Waals surface area contributed by atoms with Gasteiger partial charge in [0.25, 0.3) is 0 Å². The quantitative estimate of drug-likeness (QED) is 0.846. The van der Waals surface area contributed by atoms with Gasteiger partial charge in [-0.2, -0.15) is 0 Å². The smallest absolute Gasteiger partial charge is 0.223 e. The van der Waals surface area contributed by atoms with E-state index in [4.69, 9.17) is 0 Å². The van der Waals surface area contributed by atoms with Gasteiger partial charge >= 0.3 is 0 Å². The van der Waals surface area contributed by atoms with Crippen molar-refractivity contribution < 1.29 is 8.78 Å². The average molecular weight is 346 g/mol. The third kappa shape index (κ3) is 3.63. The number of hydrogen-bond acceptors (Lipinski definition) is 4. The second-order valence-electron chi connectivity index (χ2n) is 3.55. The van der Waals surface area contributed by atoms with Crippen LogP contribution in [0, 0.1) is 11.6 Å². The third-order valence-corrected chi connectivity index (χ3v) is 4.03. The number of hydrogen-bond donors (Lipinski definition) is 1. The van der Waals surface area contributed by atoms with E-state index in [1.165, 1.54) is 0 Å². The molecule has 1 heterocycles. The number of benzene rings is 1. The van der Waals surface area contributed by atoms with Gasteiger partial charge < -0.3 is 5.32 Å². The summed E-state index contributed by atoms with van der Waals surface area (Å²) < 4.78 is 27.3. The summed E-state index contributed by atoms with van der Waals surface area (Å²) in [4.78, 5) is 8.48. The van der Waals surface area contributed by atoms with Gasteiger partial charge in [0, 0.05) is 12.7 Å². The SMILES string of the molecule is CCNc1ncc(Br)c(Sc2cc(F)ccc2F)n1. The van der Waals surface area contributed by atoms with E-state index in [1.807, 2.05) is 6.92 Å². The maximum absolute atomic E-state index is 13.6. The van der Waals surface area contributed by atoms with Crippen LogP contribution in [0.15, 0.2) is 38.8 Å². The molecule has 0 spiro atoms. The van der Waals surface area contributed by atoms with Crippen molar-refractivity contribution in [3.8, 4) is 0 Å². The Labute approximate surface area is 122 Å². The maximum atomic E-state index is 13.6. The van der Waals surface area contributed by atoms with Gasteiger partial charge in [-0.15, -0.1) is 0 Å². The van der Waals surface area contributed by atoms with Crippen molar-refractivity contribution in [1.82, 2.24) is 9.97 Å². The molecule has 1 aromatic carbocycles. The molecule has 0 aliphatic rings. The second kappa shape index (κ2) is 6.29. The first-order valence-corrected chi connectivity index (χ1v) is 7.10. The fourth-order valence-electron chi connectivity index (χ4n) is 1.33. The van der Waals surface area contributed by atoms with Crippen molar-refractivity contribution >= 4 is 33.6 Å². The average Bonchev–Trinajstić information content (AvgIpc) is 2.38. The number of halogens is 3. The van der Waals surface area contributed by atoms with Gasteiger partial charge in [0.05, 0.1) is 9.37 Å². The molecule has 0 aliphatic carbocycles. The van der Waals surface area contributed by atoms with Crippen molar-refractivity contribution in [3.63, 3.8) is 0 Å². The highest BCUT2D eigenvalue weighted by Gasteiger charge is 2.11.